The van der Waals surface area contributed by atoms with Gasteiger partial charge in [-0.1, -0.05) is 49.9 Å². The van der Waals surface area contributed by atoms with E-state index in [1.54, 1.807) is 4.68 Å². The lowest BCUT2D eigenvalue weighted by molar-refractivity contribution is -0.116. The number of amides is 1. The van der Waals surface area contributed by atoms with Gasteiger partial charge in [0, 0.05) is 17.7 Å². The van der Waals surface area contributed by atoms with Crippen LogP contribution >= 0.6 is 0 Å². The number of hydrogen-bond acceptors (Lipinski definition) is 4. The molecule has 3 aromatic rings. The number of nitrogens with zero attached hydrogens (tertiary/aromatic N) is 3. The quantitative estimate of drug-likeness (QED) is 0.478. The monoisotopic (exact) mass is 432 g/mol. The number of carbonyl (C=O) groups excluding carboxylic acids is 1. The fraction of sp³-hybridized carbons (Fsp3) is 0.423. The topological polar surface area (TPSA) is 69.0 Å². The summed E-state index contributed by atoms with van der Waals surface area (Å²) in [5.74, 6) is 1.53. The summed E-state index contributed by atoms with van der Waals surface area (Å²) < 4.78 is 7.56. The molecule has 2 aromatic carbocycles. The van der Waals surface area contributed by atoms with Crippen molar-refractivity contribution >= 4 is 11.6 Å². The number of hydrogen-bond donors (Lipinski definition) is 1. The molecule has 1 aromatic heterocycles. The van der Waals surface area contributed by atoms with E-state index in [2.05, 4.69) is 28.4 Å². The maximum Gasteiger partial charge on any atom is 0.336 e. The van der Waals surface area contributed by atoms with Crippen molar-refractivity contribution in [2.75, 3.05) is 5.32 Å². The average molecular weight is 433 g/mol. The van der Waals surface area contributed by atoms with E-state index in [0.717, 1.165) is 40.7 Å². The third-order valence-corrected chi connectivity index (χ3v) is 5.96. The van der Waals surface area contributed by atoms with E-state index in [1.165, 1.54) is 25.7 Å². The molecule has 168 valence electrons. The Morgan fingerprint density at radius 2 is 1.84 bits per heavy atom. The zero-order chi connectivity index (χ0) is 22.5. The molecular formula is C26H32N4O2. The van der Waals surface area contributed by atoms with Crippen molar-refractivity contribution in [2.45, 2.75) is 65.4 Å². The van der Waals surface area contributed by atoms with Crippen LogP contribution < -0.4 is 10.1 Å². The van der Waals surface area contributed by atoms with Crippen LogP contribution in [0.2, 0.25) is 0 Å². The van der Waals surface area contributed by atoms with Crippen LogP contribution in [0.15, 0.2) is 48.5 Å². The smallest absolute Gasteiger partial charge is 0.336 e. The van der Waals surface area contributed by atoms with Crippen molar-refractivity contribution in [1.82, 2.24) is 14.8 Å². The van der Waals surface area contributed by atoms with Gasteiger partial charge in [-0.15, -0.1) is 5.10 Å². The summed E-state index contributed by atoms with van der Waals surface area (Å²) in [6.45, 7) is 5.97. The molecule has 1 heterocycles. The molecule has 6 nitrogen and oxygen atoms in total. The highest BCUT2D eigenvalue weighted by atomic mass is 16.5. The first-order valence-electron chi connectivity index (χ1n) is 11.6. The third-order valence-electron chi connectivity index (χ3n) is 5.96. The van der Waals surface area contributed by atoms with Crippen LogP contribution in [-0.4, -0.2) is 26.8 Å². The number of rotatable bonds is 8. The standard InChI is InChI=1S/C26H32N4O2/c1-18(2)32-26-28-25(23-11-7-4-8-19(23)3)30(29-26)22-15-13-21(14-16-22)27-24(31)17-12-20-9-5-6-10-20/h4,7-8,11,13-16,18,20H,5-6,9-10,12,17H2,1-3H3,(H,27,31). The van der Waals surface area contributed by atoms with Crippen LogP contribution in [-0.2, 0) is 4.79 Å². The normalized spacial score (nSPS) is 14.1. The van der Waals surface area contributed by atoms with Gasteiger partial charge in [0.1, 0.15) is 0 Å². The van der Waals surface area contributed by atoms with Crippen molar-refractivity contribution in [3.8, 4) is 23.1 Å². The Morgan fingerprint density at radius 3 is 2.53 bits per heavy atom. The highest BCUT2D eigenvalue weighted by Crippen LogP contribution is 2.29. The van der Waals surface area contributed by atoms with Gasteiger partial charge in [-0.2, -0.15) is 4.98 Å². The average Bonchev–Trinajstić information content (AvgIpc) is 3.43. The number of ether oxygens (including phenoxy) is 1. The number of carbonyl (C=O) groups is 1. The second kappa shape index (κ2) is 9.98. The van der Waals surface area contributed by atoms with E-state index >= 15 is 0 Å². The van der Waals surface area contributed by atoms with Gasteiger partial charge in [0.05, 0.1) is 11.8 Å². The largest absolute Gasteiger partial charge is 0.460 e. The Morgan fingerprint density at radius 1 is 1.12 bits per heavy atom. The van der Waals surface area contributed by atoms with Gasteiger partial charge in [-0.3, -0.25) is 4.79 Å². The van der Waals surface area contributed by atoms with Crippen molar-refractivity contribution in [2.24, 2.45) is 5.92 Å². The number of benzene rings is 2. The third kappa shape index (κ3) is 5.36. The van der Waals surface area contributed by atoms with Gasteiger partial charge in [0.25, 0.3) is 0 Å². The second-order valence-corrected chi connectivity index (χ2v) is 8.90. The SMILES string of the molecule is Cc1ccccc1-c1nc(OC(C)C)nn1-c1ccc(NC(=O)CCC2CCCC2)cc1. The van der Waals surface area contributed by atoms with Crippen molar-refractivity contribution in [1.29, 1.82) is 0 Å². The van der Waals surface area contributed by atoms with Gasteiger partial charge < -0.3 is 10.1 Å². The molecule has 0 atom stereocenters. The summed E-state index contributed by atoms with van der Waals surface area (Å²) in [6, 6.07) is 16.2. The lowest BCUT2D eigenvalue weighted by Gasteiger charge is -2.11. The highest BCUT2D eigenvalue weighted by Gasteiger charge is 2.18. The molecule has 32 heavy (non-hydrogen) atoms. The predicted octanol–water partition coefficient (Wildman–Crippen LogP) is 5.94. The molecule has 0 spiro atoms. The Labute approximate surface area is 190 Å². The van der Waals surface area contributed by atoms with Crippen molar-refractivity contribution < 1.29 is 9.53 Å². The van der Waals surface area contributed by atoms with Gasteiger partial charge in [0.15, 0.2) is 5.82 Å². The summed E-state index contributed by atoms with van der Waals surface area (Å²) in [4.78, 5) is 17.0. The lowest BCUT2D eigenvalue weighted by Crippen LogP contribution is -2.12. The van der Waals surface area contributed by atoms with Gasteiger partial charge in [-0.05, 0) is 62.9 Å². The molecule has 1 aliphatic carbocycles. The molecule has 1 N–H and O–H groups in total. The van der Waals surface area contributed by atoms with Crippen molar-refractivity contribution in [3.63, 3.8) is 0 Å². The molecule has 0 unspecified atom stereocenters. The van der Waals surface area contributed by atoms with E-state index in [9.17, 15) is 4.79 Å². The Kier molecular flexibility index (Phi) is 6.88. The van der Waals surface area contributed by atoms with Crippen LogP contribution in [0, 0.1) is 12.8 Å². The maximum atomic E-state index is 12.4. The van der Waals surface area contributed by atoms with Crippen LogP contribution in [0.3, 0.4) is 0 Å². The summed E-state index contributed by atoms with van der Waals surface area (Å²) in [5.41, 5.74) is 3.77. The summed E-state index contributed by atoms with van der Waals surface area (Å²) in [7, 11) is 0. The molecule has 1 fully saturated rings. The van der Waals surface area contributed by atoms with E-state index in [4.69, 9.17) is 4.74 Å². The van der Waals surface area contributed by atoms with E-state index < -0.39 is 0 Å². The first kappa shape index (κ1) is 22.1. The van der Waals surface area contributed by atoms with Crippen molar-refractivity contribution in [3.05, 3.63) is 54.1 Å². The van der Waals surface area contributed by atoms with E-state index in [0.29, 0.717) is 12.4 Å². The minimum atomic E-state index is -0.0163. The molecule has 0 saturated heterocycles. The Bertz CT molecular complexity index is 1050. The Hall–Kier alpha value is -3.15. The summed E-state index contributed by atoms with van der Waals surface area (Å²) in [6.07, 6.45) is 6.72. The molecule has 1 amide bonds. The zero-order valence-corrected chi connectivity index (χ0v) is 19.2. The predicted molar refractivity (Wildman–Crippen MR) is 127 cm³/mol. The molecule has 4 rings (SSSR count). The second-order valence-electron chi connectivity index (χ2n) is 8.90. The summed E-state index contributed by atoms with van der Waals surface area (Å²) in [5, 5.41) is 7.62. The fourth-order valence-corrected chi connectivity index (χ4v) is 4.28. The minimum absolute atomic E-state index is 0.0163. The summed E-state index contributed by atoms with van der Waals surface area (Å²) >= 11 is 0. The van der Waals surface area contributed by atoms with Crippen LogP contribution in [0.5, 0.6) is 6.01 Å². The maximum absolute atomic E-state index is 12.4. The molecule has 1 saturated carbocycles. The molecule has 0 bridgehead atoms. The Balaban J connectivity index is 1.52. The van der Waals surface area contributed by atoms with E-state index in [1.807, 2.05) is 56.3 Å². The first-order chi connectivity index (χ1) is 15.5. The molecule has 1 aliphatic rings. The van der Waals surface area contributed by atoms with Gasteiger partial charge in [-0.25, -0.2) is 4.68 Å². The van der Waals surface area contributed by atoms with Crippen LogP contribution in [0.1, 0.15) is 57.9 Å². The number of nitrogens with one attached hydrogen (secondary N) is 1. The minimum Gasteiger partial charge on any atom is -0.460 e. The molecule has 0 aliphatic heterocycles. The van der Waals surface area contributed by atoms with Gasteiger partial charge in [0.2, 0.25) is 5.91 Å². The first-order valence-corrected chi connectivity index (χ1v) is 11.6. The van der Waals surface area contributed by atoms with Gasteiger partial charge >= 0.3 is 6.01 Å². The fourth-order valence-electron chi connectivity index (χ4n) is 4.28. The lowest BCUT2D eigenvalue weighted by atomic mass is 10.0. The van der Waals surface area contributed by atoms with E-state index in [-0.39, 0.29) is 12.0 Å². The molecular weight excluding hydrogens is 400 g/mol. The molecule has 6 heteroatoms. The number of aromatic nitrogens is 3. The molecule has 0 radical (unpaired) electrons. The van der Waals surface area contributed by atoms with Crippen LogP contribution in [0.4, 0.5) is 5.69 Å². The number of anilines is 1. The van der Waals surface area contributed by atoms with Crippen LogP contribution in [0.25, 0.3) is 17.1 Å². The number of aryl methyl sites for hydroxylation is 1. The highest BCUT2D eigenvalue weighted by molar-refractivity contribution is 5.90. The zero-order valence-electron chi connectivity index (χ0n) is 19.2.